The number of rotatable bonds is 58. The molecular weight excluding hydrogens is 1230 g/mol. The van der Waals surface area contributed by atoms with E-state index in [1.165, 1.54) is 116 Å². The number of hydrogen-bond acceptors (Lipinski definition) is 10. The molecule has 3 rings (SSSR count). The standard InChI is InChI=1S/C84H144N2O8S2/c1-61(2)27-21-33-67(13)41-49-89-75-57-73(58-76(90-50-42-68(14)34-22-28-62(3)4)81(75)93-53-45-71(17)37-25-31-65(9)10)83(87)85-47-55-95-79-39-19-20-40-80(79)96-56-48-86-84(88)74-59-77(91-51-43-69(15)35-23-29-63(5)6)82(94-54-46-72(18)38-26-32-66(11)12)78(60-74)92-52-44-70(16)36-24-30-64(7)8/h19-20,39-40,57-72H,21-38,41-56H2,1-18H3,(H,85,87)(H,86,88)/t67-,68-,69-,70-,71-,72-/m0/s1. The first-order valence-electron chi connectivity index (χ1n) is 38.9. The molecule has 0 aliphatic carbocycles. The van der Waals surface area contributed by atoms with Crippen molar-refractivity contribution in [3.63, 3.8) is 0 Å². The first-order chi connectivity index (χ1) is 45.9. The Morgan fingerprint density at radius 1 is 0.312 bits per heavy atom. The van der Waals surface area contributed by atoms with Gasteiger partial charge in [0.15, 0.2) is 23.0 Å². The predicted octanol–water partition coefficient (Wildman–Crippen LogP) is 24.1. The lowest BCUT2D eigenvalue weighted by Gasteiger charge is -2.21. The van der Waals surface area contributed by atoms with Crippen LogP contribution in [0.15, 0.2) is 58.3 Å². The molecule has 0 unspecified atom stereocenters. The van der Waals surface area contributed by atoms with Gasteiger partial charge in [0.05, 0.1) is 39.6 Å². The Morgan fingerprint density at radius 3 is 0.750 bits per heavy atom. The minimum absolute atomic E-state index is 0.167. The average Bonchev–Trinajstić information content (AvgIpc) is 0.835. The van der Waals surface area contributed by atoms with Crippen LogP contribution < -0.4 is 39.1 Å². The summed E-state index contributed by atoms with van der Waals surface area (Å²) in [7, 11) is 0. The van der Waals surface area contributed by atoms with E-state index < -0.39 is 0 Å². The van der Waals surface area contributed by atoms with Crippen molar-refractivity contribution in [3.8, 4) is 34.5 Å². The lowest BCUT2D eigenvalue weighted by atomic mass is 9.97. The molecule has 0 spiro atoms. The highest BCUT2D eigenvalue weighted by Crippen LogP contribution is 2.42. The molecule has 0 aromatic heterocycles. The van der Waals surface area contributed by atoms with E-state index >= 15 is 0 Å². The largest absolute Gasteiger partial charge is 0.490 e. The van der Waals surface area contributed by atoms with Crippen molar-refractivity contribution in [2.75, 3.05) is 64.2 Å². The summed E-state index contributed by atoms with van der Waals surface area (Å²) < 4.78 is 40.1. The van der Waals surface area contributed by atoms with Crippen molar-refractivity contribution in [1.82, 2.24) is 10.6 Å². The molecule has 10 nitrogen and oxygen atoms in total. The van der Waals surface area contributed by atoms with E-state index in [1.54, 1.807) is 23.5 Å². The van der Waals surface area contributed by atoms with Gasteiger partial charge < -0.3 is 39.1 Å². The average molecular weight is 1370 g/mol. The van der Waals surface area contributed by atoms with Gasteiger partial charge in [-0.25, -0.2) is 0 Å². The smallest absolute Gasteiger partial charge is 0.251 e. The molecule has 0 saturated heterocycles. The zero-order valence-electron chi connectivity index (χ0n) is 64.7. The molecular formula is C84H144N2O8S2. The summed E-state index contributed by atoms with van der Waals surface area (Å²) in [6.07, 6.45) is 27.3. The predicted molar refractivity (Wildman–Crippen MR) is 413 cm³/mol. The molecule has 6 atom stereocenters. The first-order valence-corrected chi connectivity index (χ1v) is 40.9. The highest BCUT2D eigenvalue weighted by atomic mass is 32.2. The van der Waals surface area contributed by atoms with Gasteiger partial charge in [0.1, 0.15) is 0 Å². The summed E-state index contributed by atoms with van der Waals surface area (Å²) >= 11 is 3.44. The Balaban J connectivity index is 1.81. The molecule has 3 aromatic carbocycles. The zero-order chi connectivity index (χ0) is 70.6. The highest BCUT2D eigenvalue weighted by molar-refractivity contribution is 8.02. The van der Waals surface area contributed by atoms with Gasteiger partial charge in [-0.05, 0) is 146 Å². The number of thioether (sulfide) groups is 2. The maximum atomic E-state index is 14.3. The van der Waals surface area contributed by atoms with Crippen LogP contribution in [0.25, 0.3) is 0 Å². The summed E-state index contributed by atoms with van der Waals surface area (Å²) in [5.74, 6) is 11.9. The lowest BCUT2D eigenvalue weighted by molar-refractivity contribution is 0.0946. The minimum Gasteiger partial charge on any atom is -0.490 e. The van der Waals surface area contributed by atoms with Gasteiger partial charge in [-0.2, -0.15) is 0 Å². The molecule has 12 heteroatoms. The van der Waals surface area contributed by atoms with Crippen LogP contribution in [0.1, 0.15) is 299 Å². The maximum absolute atomic E-state index is 14.3. The Hall–Kier alpha value is -3.90. The fraction of sp³-hybridized carbons (Fsp3) is 0.762. The molecule has 0 saturated carbocycles. The second-order valence-corrected chi connectivity index (χ2v) is 33.9. The highest BCUT2D eigenvalue weighted by Gasteiger charge is 2.24. The van der Waals surface area contributed by atoms with Gasteiger partial charge in [0.25, 0.3) is 11.8 Å². The van der Waals surface area contributed by atoms with Crippen molar-refractivity contribution in [3.05, 3.63) is 59.7 Å². The first kappa shape index (κ1) is 86.3. The summed E-state index contributed by atoms with van der Waals surface area (Å²) in [6, 6.07) is 15.9. The molecule has 0 heterocycles. The fourth-order valence-electron chi connectivity index (χ4n) is 12.0. The van der Waals surface area contributed by atoms with Crippen LogP contribution in [0.4, 0.5) is 0 Å². The third-order valence-corrected chi connectivity index (χ3v) is 21.0. The van der Waals surface area contributed by atoms with Crippen molar-refractivity contribution in [2.45, 2.75) is 289 Å². The Kier molecular flexibility index (Phi) is 46.1. The number of hydrogen-bond donors (Lipinski definition) is 2. The second kappa shape index (κ2) is 51.3. The quantitative estimate of drug-likeness (QED) is 0.0418. The minimum atomic E-state index is -0.167. The van der Waals surface area contributed by atoms with Crippen LogP contribution in [0.5, 0.6) is 34.5 Å². The summed E-state index contributed by atoms with van der Waals surface area (Å²) in [5, 5.41) is 6.48. The van der Waals surface area contributed by atoms with E-state index in [0.29, 0.717) is 181 Å². The maximum Gasteiger partial charge on any atom is 0.251 e. The van der Waals surface area contributed by atoms with Crippen molar-refractivity contribution in [1.29, 1.82) is 0 Å². The van der Waals surface area contributed by atoms with Crippen LogP contribution in [-0.2, 0) is 0 Å². The molecule has 0 aliphatic rings. The van der Waals surface area contributed by atoms with Gasteiger partial charge in [0.2, 0.25) is 11.5 Å². The Bertz CT molecular complexity index is 2230. The van der Waals surface area contributed by atoms with E-state index in [-0.39, 0.29) is 11.8 Å². The third-order valence-electron chi connectivity index (χ3n) is 18.8. The molecule has 0 radical (unpaired) electrons. The number of benzene rings is 3. The summed E-state index contributed by atoms with van der Waals surface area (Å²) in [6.45, 7) is 45.7. The molecule has 3 aromatic rings. The lowest BCUT2D eigenvalue weighted by Crippen LogP contribution is -2.26. The van der Waals surface area contributed by atoms with Gasteiger partial charge in [0, 0.05) is 45.5 Å². The van der Waals surface area contributed by atoms with Crippen molar-refractivity contribution in [2.24, 2.45) is 71.0 Å². The molecule has 550 valence electrons. The van der Waals surface area contributed by atoms with Crippen LogP contribution >= 0.6 is 23.5 Å². The van der Waals surface area contributed by atoms with Crippen LogP contribution in [-0.4, -0.2) is 76.1 Å². The van der Waals surface area contributed by atoms with Crippen LogP contribution in [0, 0.1) is 71.0 Å². The number of carbonyl (C=O) groups is 2. The second-order valence-electron chi connectivity index (χ2n) is 31.7. The van der Waals surface area contributed by atoms with E-state index in [1.807, 2.05) is 24.3 Å². The monoisotopic (exact) mass is 1370 g/mol. The van der Waals surface area contributed by atoms with E-state index in [0.717, 1.165) is 48.3 Å². The zero-order valence-corrected chi connectivity index (χ0v) is 66.3. The van der Waals surface area contributed by atoms with Crippen LogP contribution in [0.2, 0.25) is 0 Å². The number of carbonyl (C=O) groups excluding carboxylic acids is 2. The SMILES string of the molecule is CC(C)CCC[C@H](C)CCOc1cc(C(=O)NCCSc2ccccc2SCCNC(=O)c2cc(OCC[C@@H](C)CCCC(C)C)c(OCC[C@@H](C)CCCC(C)C)c(OCC[C@@H](C)CCCC(C)C)c2)cc(OCC[C@@H](C)CCCC(C)C)c1OCC[C@@H](C)CCCC(C)C. The number of nitrogens with one attached hydrogen (secondary N) is 2. The molecule has 2 amide bonds. The molecule has 2 N–H and O–H groups in total. The van der Waals surface area contributed by atoms with E-state index in [2.05, 4.69) is 160 Å². The Labute approximate surface area is 598 Å². The molecule has 0 bridgehead atoms. The third kappa shape index (κ3) is 40.4. The van der Waals surface area contributed by atoms with Crippen LogP contribution in [0.3, 0.4) is 0 Å². The van der Waals surface area contributed by atoms with Crippen molar-refractivity contribution >= 4 is 35.3 Å². The summed E-state index contributed by atoms with van der Waals surface area (Å²) in [4.78, 5) is 30.9. The molecule has 96 heavy (non-hydrogen) atoms. The fourth-order valence-corrected chi connectivity index (χ4v) is 14.0. The molecule has 0 fully saturated rings. The Morgan fingerprint density at radius 2 is 0.531 bits per heavy atom. The van der Waals surface area contributed by atoms with E-state index in [9.17, 15) is 9.59 Å². The normalized spacial score (nSPS) is 13.8. The van der Waals surface area contributed by atoms with Gasteiger partial charge in [-0.3, -0.25) is 9.59 Å². The van der Waals surface area contributed by atoms with Crippen molar-refractivity contribution < 1.29 is 38.0 Å². The summed E-state index contributed by atoms with van der Waals surface area (Å²) in [5.41, 5.74) is 1.01. The van der Waals surface area contributed by atoms with Gasteiger partial charge in [-0.1, -0.05) is 252 Å². The van der Waals surface area contributed by atoms with Gasteiger partial charge >= 0.3 is 0 Å². The van der Waals surface area contributed by atoms with Gasteiger partial charge in [-0.15, -0.1) is 23.5 Å². The molecule has 0 aliphatic heterocycles. The topological polar surface area (TPSA) is 114 Å². The number of amides is 2. The number of ether oxygens (including phenoxy) is 6. The van der Waals surface area contributed by atoms with E-state index in [4.69, 9.17) is 28.4 Å².